The van der Waals surface area contributed by atoms with Gasteiger partial charge >= 0.3 is 0 Å². The summed E-state index contributed by atoms with van der Waals surface area (Å²) < 4.78 is 0. The molecule has 0 saturated carbocycles. The largest absolute Gasteiger partial charge is 0.362 e. The molecule has 0 aromatic carbocycles. The van der Waals surface area contributed by atoms with Crippen molar-refractivity contribution in [2.75, 3.05) is 11.9 Å². The number of nitrogens with zero attached hydrogens (tertiary/aromatic N) is 1. The summed E-state index contributed by atoms with van der Waals surface area (Å²) in [5.41, 5.74) is 1.05. The maximum absolute atomic E-state index is 11.9. The van der Waals surface area contributed by atoms with Crippen LogP contribution in [-0.2, 0) is 6.42 Å². The van der Waals surface area contributed by atoms with Crippen LogP contribution in [0, 0.1) is 5.41 Å². The van der Waals surface area contributed by atoms with Crippen LogP contribution in [-0.4, -0.2) is 17.3 Å². The third-order valence-electron chi connectivity index (χ3n) is 2.56. The van der Waals surface area contributed by atoms with Gasteiger partial charge in [0.2, 0.25) is 0 Å². The highest BCUT2D eigenvalue weighted by Gasteiger charge is 2.33. The smallest absolute Gasteiger partial charge is 0.183 e. The Balaban J connectivity index is 2.34. The van der Waals surface area contributed by atoms with E-state index in [2.05, 4.69) is 24.1 Å². The van der Waals surface area contributed by atoms with Crippen LogP contribution >= 0.6 is 11.3 Å². The molecule has 1 aromatic heterocycles. The third-order valence-corrected chi connectivity index (χ3v) is 3.66. The monoisotopic (exact) mass is 224 g/mol. The molecule has 1 heterocycles. The zero-order valence-electron chi connectivity index (χ0n) is 9.39. The van der Waals surface area contributed by atoms with Gasteiger partial charge < -0.3 is 5.32 Å². The number of carbonyl (C=O) groups is 1. The van der Waals surface area contributed by atoms with E-state index in [9.17, 15) is 4.79 Å². The first-order chi connectivity index (χ1) is 7.02. The summed E-state index contributed by atoms with van der Waals surface area (Å²) >= 11 is 1.50. The molecule has 1 aromatic rings. The van der Waals surface area contributed by atoms with Gasteiger partial charge in [0.25, 0.3) is 0 Å². The van der Waals surface area contributed by atoms with E-state index >= 15 is 0 Å². The second-order valence-electron chi connectivity index (χ2n) is 4.77. The Labute approximate surface area is 93.9 Å². The van der Waals surface area contributed by atoms with E-state index in [0.29, 0.717) is 6.42 Å². The summed E-state index contributed by atoms with van der Waals surface area (Å²) in [7, 11) is 0. The molecule has 4 heteroatoms. The molecule has 0 unspecified atom stereocenters. The zero-order chi connectivity index (χ0) is 11.1. The van der Waals surface area contributed by atoms with E-state index in [1.165, 1.54) is 11.3 Å². The van der Waals surface area contributed by atoms with Crippen molar-refractivity contribution in [2.24, 2.45) is 5.41 Å². The van der Waals surface area contributed by atoms with Crippen LogP contribution in [0.25, 0.3) is 0 Å². The van der Waals surface area contributed by atoms with Gasteiger partial charge in [0, 0.05) is 13.0 Å². The standard InChI is InChI=1S/C11H16N2OS/c1-4-12-10-13-7-5-11(2,3)6-8(14)9(7)15-10/h4-6H2,1-3H3,(H,12,13). The topological polar surface area (TPSA) is 42.0 Å². The molecule has 3 nitrogen and oxygen atoms in total. The predicted molar refractivity (Wildman–Crippen MR) is 62.7 cm³/mol. The molecule has 0 saturated heterocycles. The lowest BCUT2D eigenvalue weighted by atomic mass is 9.78. The van der Waals surface area contributed by atoms with Crippen molar-refractivity contribution >= 4 is 22.3 Å². The minimum atomic E-state index is 0.0711. The Morgan fingerprint density at radius 1 is 1.47 bits per heavy atom. The molecule has 1 aliphatic carbocycles. The van der Waals surface area contributed by atoms with Gasteiger partial charge in [-0.15, -0.1) is 0 Å². The zero-order valence-corrected chi connectivity index (χ0v) is 10.2. The summed E-state index contributed by atoms with van der Waals surface area (Å²) in [6.07, 6.45) is 1.56. The SMILES string of the molecule is CCNc1nc2c(s1)C(=O)CC(C)(C)C2. The van der Waals surface area contributed by atoms with E-state index in [1.807, 2.05) is 6.92 Å². The van der Waals surface area contributed by atoms with E-state index in [1.54, 1.807) is 0 Å². The van der Waals surface area contributed by atoms with Gasteiger partial charge in [-0.2, -0.15) is 0 Å². The van der Waals surface area contributed by atoms with Crippen LogP contribution < -0.4 is 5.32 Å². The molecule has 0 spiro atoms. The summed E-state index contributed by atoms with van der Waals surface area (Å²) in [6, 6.07) is 0. The van der Waals surface area contributed by atoms with E-state index < -0.39 is 0 Å². The van der Waals surface area contributed by atoms with Crippen LogP contribution in [0.15, 0.2) is 0 Å². The normalized spacial score (nSPS) is 18.7. The van der Waals surface area contributed by atoms with Crippen molar-refractivity contribution in [3.63, 3.8) is 0 Å². The number of aromatic nitrogens is 1. The molecule has 1 N–H and O–H groups in total. The molecule has 0 atom stereocenters. The van der Waals surface area contributed by atoms with Gasteiger partial charge in [0.15, 0.2) is 10.9 Å². The minimum Gasteiger partial charge on any atom is -0.362 e. The summed E-state index contributed by atoms with van der Waals surface area (Å²) in [4.78, 5) is 17.2. The third kappa shape index (κ3) is 2.04. The molecule has 15 heavy (non-hydrogen) atoms. The minimum absolute atomic E-state index is 0.0711. The van der Waals surface area contributed by atoms with Crippen LogP contribution in [0.5, 0.6) is 0 Å². The van der Waals surface area contributed by atoms with Crippen molar-refractivity contribution in [1.29, 1.82) is 0 Å². The number of carbonyl (C=O) groups excluding carboxylic acids is 1. The molecule has 1 aliphatic rings. The van der Waals surface area contributed by atoms with Crippen molar-refractivity contribution in [3.8, 4) is 0 Å². The van der Waals surface area contributed by atoms with Gasteiger partial charge in [0.1, 0.15) is 0 Å². The van der Waals surface area contributed by atoms with Gasteiger partial charge in [-0.05, 0) is 18.8 Å². The van der Waals surface area contributed by atoms with Crippen molar-refractivity contribution < 1.29 is 4.79 Å². The number of anilines is 1. The maximum atomic E-state index is 11.9. The highest BCUT2D eigenvalue weighted by atomic mass is 32.1. The van der Waals surface area contributed by atoms with Crippen LogP contribution in [0.1, 0.15) is 42.6 Å². The molecule has 2 rings (SSSR count). The van der Waals surface area contributed by atoms with Crippen molar-refractivity contribution in [2.45, 2.75) is 33.6 Å². The number of thiazole rings is 1. The second-order valence-corrected chi connectivity index (χ2v) is 5.77. The number of ketones is 1. The van der Waals surface area contributed by atoms with Gasteiger partial charge in [-0.25, -0.2) is 4.98 Å². The summed E-state index contributed by atoms with van der Waals surface area (Å²) in [5, 5.41) is 4.05. The second kappa shape index (κ2) is 3.59. The van der Waals surface area contributed by atoms with E-state index in [-0.39, 0.29) is 11.2 Å². The fraction of sp³-hybridized carbons (Fsp3) is 0.636. The number of rotatable bonds is 2. The molecule has 82 valence electrons. The number of hydrogen-bond donors (Lipinski definition) is 1. The quantitative estimate of drug-likeness (QED) is 0.840. The van der Waals surface area contributed by atoms with Gasteiger partial charge in [0.05, 0.1) is 10.6 Å². The average Bonchev–Trinajstić information content (AvgIpc) is 2.46. The number of nitrogens with one attached hydrogen (secondary N) is 1. The van der Waals surface area contributed by atoms with Crippen LogP contribution in [0.2, 0.25) is 0 Å². The first-order valence-electron chi connectivity index (χ1n) is 5.28. The number of hydrogen-bond acceptors (Lipinski definition) is 4. The Morgan fingerprint density at radius 2 is 2.20 bits per heavy atom. The first-order valence-corrected chi connectivity index (χ1v) is 6.10. The average molecular weight is 224 g/mol. The molecular weight excluding hydrogens is 208 g/mol. The molecule has 0 bridgehead atoms. The molecule has 0 fully saturated rings. The first kappa shape index (κ1) is 10.6. The molecule has 0 radical (unpaired) electrons. The van der Waals surface area contributed by atoms with Gasteiger partial charge in [-0.1, -0.05) is 25.2 Å². The lowest BCUT2D eigenvalue weighted by molar-refractivity contribution is 0.0916. The molecule has 0 aliphatic heterocycles. The lowest BCUT2D eigenvalue weighted by Gasteiger charge is -2.26. The highest BCUT2D eigenvalue weighted by Crippen LogP contribution is 2.38. The molecule has 0 amide bonds. The fourth-order valence-corrected chi connectivity index (χ4v) is 2.93. The van der Waals surface area contributed by atoms with Gasteiger partial charge in [-0.3, -0.25) is 4.79 Å². The maximum Gasteiger partial charge on any atom is 0.183 e. The van der Waals surface area contributed by atoms with E-state index in [4.69, 9.17) is 0 Å². The Hall–Kier alpha value is -0.900. The Kier molecular flexibility index (Phi) is 2.54. The van der Waals surface area contributed by atoms with Crippen molar-refractivity contribution in [1.82, 2.24) is 4.98 Å². The Bertz CT molecular complexity index is 395. The summed E-state index contributed by atoms with van der Waals surface area (Å²) in [6.45, 7) is 7.14. The molecular formula is C11H16N2OS. The van der Waals surface area contributed by atoms with Crippen LogP contribution in [0.3, 0.4) is 0 Å². The van der Waals surface area contributed by atoms with E-state index in [0.717, 1.165) is 28.7 Å². The lowest BCUT2D eigenvalue weighted by Crippen LogP contribution is -2.25. The fourth-order valence-electron chi connectivity index (χ4n) is 1.95. The van der Waals surface area contributed by atoms with Crippen molar-refractivity contribution in [3.05, 3.63) is 10.6 Å². The van der Waals surface area contributed by atoms with Crippen LogP contribution in [0.4, 0.5) is 5.13 Å². The highest BCUT2D eigenvalue weighted by molar-refractivity contribution is 7.17. The number of fused-ring (bicyclic) bond motifs is 1. The summed E-state index contributed by atoms with van der Waals surface area (Å²) in [5.74, 6) is 0.253. The number of Topliss-reactive ketones (excluding diaryl/α,β-unsaturated/α-hetero) is 1. The Morgan fingerprint density at radius 3 is 2.87 bits per heavy atom. The predicted octanol–water partition coefficient (Wildman–Crippen LogP) is 2.73.